The van der Waals surface area contributed by atoms with Crippen LogP contribution in [0.1, 0.15) is 72.0 Å². The van der Waals surface area contributed by atoms with Gasteiger partial charge in [0.25, 0.3) is 11.8 Å². The standard InChI is InChI=1S/C43H44N10O7S/c1-45-24-27-12-14-30(15-13-27)41-51-52-42(60-41)38-39(44)47-25-34(49-38)29-16-18-31(19-17-29)61(58,59)48-23-5-3-2-4-11-36(54)46-22-7-9-28-8-6-10-32-33(28)26-53(43(32)57)35-20-21-37(55)50-40(35)56/h6,8,10,12-19,25,35,45,48H,2-5,11,20-24,26H2,1H3,(H2,44,47)(H,46,54)(H,50,55,56). The van der Waals surface area contributed by atoms with E-state index in [0.717, 1.165) is 36.1 Å². The number of nitrogens with zero attached hydrogens (tertiary/aromatic N) is 5. The highest BCUT2D eigenvalue weighted by Gasteiger charge is 2.39. The number of hydrogen-bond donors (Lipinski definition) is 5. The number of imide groups is 1. The van der Waals surface area contributed by atoms with E-state index in [9.17, 15) is 27.6 Å². The molecule has 1 unspecified atom stereocenters. The molecule has 7 rings (SSSR count). The molecule has 4 amide bonds. The van der Waals surface area contributed by atoms with Gasteiger partial charge in [-0.25, -0.2) is 23.1 Å². The number of benzene rings is 3. The third-order valence-electron chi connectivity index (χ3n) is 10.3. The Labute approximate surface area is 352 Å². The van der Waals surface area contributed by atoms with Crippen LogP contribution < -0.4 is 26.4 Å². The molecule has 17 nitrogen and oxygen atoms in total. The van der Waals surface area contributed by atoms with Gasteiger partial charge in [-0.15, -0.1) is 10.2 Å². The fourth-order valence-electron chi connectivity index (χ4n) is 7.03. The fraction of sp³-hybridized carbons (Fsp3) is 0.302. The van der Waals surface area contributed by atoms with E-state index in [-0.39, 0.29) is 72.5 Å². The van der Waals surface area contributed by atoms with Gasteiger partial charge in [-0.1, -0.05) is 55.0 Å². The molecule has 314 valence electrons. The summed E-state index contributed by atoms with van der Waals surface area (Å²) in [6.45, 7) is 1.31. The number of carbonyl (C=O) groups is 4. The summed E-state index contributed by atoms with van der Waals surface area (Å²) in [6.07, 6.45) is 4.93. The van der Waals surface area contributed by atoms with Crippen molar-refractivity contribution in [3.8, 4) is 46.1 Å². The van der Waals surface area contributed by atoms with Crippen molar-refractivity contribution in [3.63, 3.8) is 0 Å². The number of fused-ring (bicyclic) bond motifs is 1. The van der Waals surface area contributed by atoms with Crippen LogP contribution in [0.5, 0.6) is 0 Å². The van der Waals surface area contributed by atoms with Gasteiger partial charge in [0.1, 0.15) is 6.04 Å². The summed E-state index contributed by atoms with van der Waals surface area (Å²) < 4.78 is 34.5. The zero-order valence-electron chi connectivity index (χ0n) is 33.4. The van der Waals surface area contributed by atoms with Crippen molar-refractivity contribution in [1.29, 1.82) is 0 Å². The largest absolute Gasteiger partial charge is 0.414 e. The third-order valence-corrected chi connectivity index (χ3v) is 11.7. The van der Waals surface area contributed by atoms with Gasteiger partial charge in [-0.2, -0.15) is 0 Å². The Balaban J connectivity index is 0.818. The molecule has 1 fully saturated rings. The molecular formula is C43H44N10O7S. The van der Waals surface area contributed by atoms with Crippen LogP contribution in [0.2, 0.25) is 0 Å². The van der Waals surface area contributed by atoms with Gasteiger partial charge in [-0.05, 0) is 73.8 Å². The second-order valence-electron chi connectivity index (χ2n) is 14.5. The van der Waals surface area contributed by atoms with Gasteiger partial charge in [0, 0.05) is 54.7 Å². The Morgan fingerprint density at radius 2 is 1.72 bits per heavy atom. The Bertz CT molecular complexity index is 2620. The number of aromatic nitrogens is 4. The number of nitrogens with two attached hydrogens (primary N) is 1. The molecule has 0 radical (unpaired) electrons. The first-order chi connectivity index (χ1) is 29.5. The highest BCUT2D eigenvalue weighted by molar-refractivity contribution is 7.89. The van der Waals surface area contributed by atoms with Crippen LogP contribution in [0.25, 0.3) is 34.3 Å². The van der Waals surface area contributed by atoms with Gasteiger partial charge < -0.3 is 25.7 Å². The highest BCUT2D eigenvalue weighted by Crippen LogP contribution is 2.31. The minimum Gasteiger partial charge on any atom is -0.414 e. The van der Waals surface area contributed by atoms with Crippen molar-refractivity contribution in [1.82, 2.24) is 45.7 Å². The molecular weight excluding hydrogens is 801 g/mol. The molecule has 18 heteroatoms. The van der Waals surface area contributed by atoms with Crippen molar-refractivity contribution in [2.45, 2.75) is 69.0 Å². The number of nitrogens with one attached hydrogen (secondary N) is 4. The number of nitrogen functional groups attached to an aromatic ring is 1. The van der Waals surface area contributed by atoms with E-state index in [1.807, 2.05) is 31.3 Å². The molecule has 2 aromatic heterocycles. The minimum absolute atomic E-state index is 0.0984. The number of anilines is 1. The van der Waals surface area contributed by atoms with Crippen LogP contribution in [0.3, 0.4) is 0 Å². The number of carbonyl (C=O) groups excluding carboxylic acids is 4. The maximum Gasteiger partial charge on any atom is 0.270 e. The van der Waals surface area contributed by atoms with E-state index in [2.05, 4.69) is 52.7 Å². The topological polar surface area (TPSA) is 244 Å². The average molecular weight is 845 g/mol. The second-order valence-corrected chi connectivity index (χ2v) is 16.3. The second kappa shape index (κ2) is 19.1. The molecule has 0 bridgehead atoms. The summed E-state index contributed by atoms with van der Waals surface area (Å²) in [5, 5.41) is 16.5. The van der Waals surface area contributed by atoms with Gasteiger partial charge >= 0.3 is 0 Å². The first kappa shape index (κ1) is 42.3. The summed E-state index contributed by atoms with van der Waals surface area (Å²) in [5.41, 5.74) is 11.1. The van der Waals surface area contributed by atoms with Crippen LogP contribution in [0.15, 0.2) is 82.2 Å². The van der Waals surface area contributed by atoms with Crippen molar-refractivity contribution in [2.24, 2.45) is 0 Å². The van der Waals surface area contributed by atoms with Crippen LogP contribution in [0.4, 0.5) is 5.82 Å². The Morgan fingerprint density at radius 3 is 2.49 bits per heavy atom. The number of piperidine rings is 1. The molecule has 4 heterocycles. The summed E-state index contributed by atoms with van der Waals surface area (Å²) in [6, 6.07) is 18.5. The Morgan fingerprint density at radius 1 is 0.967 bits per heavy atom. The Hall–Kier alpha value is -6.81. The molecule has 6 N–H and O–H groups in total. The van der Waals surface area contributed by atoms with Crippen molar-refractivity contribution in [2.75, 3.05) is 25.9 Å². The highest BCUT2D eigenvalue weighted by atomic mass is 32.2. The molecule has 61 heavy (non-hydrogen) atoms. The first-order valence-electron chi connectivity index (χ1n) is 19.8. The third kappa shape index (κ3) is 10.1. The minimum atomic E-state index is -3.77. The number of amides is 4. The summed E-state index contributed by atoms with van der Waals surface area (Å²) in [4.78, 5) is 59.8. The van der Waals surface area contributed by atoms with E-state index < -0.39 is 22.0 Å². The molecule has 0 spiro atoms. The normalized spacial score (nSPS) is 14.9. The summed E-state index contributed by atoms with van der Waals surface area (Å²) in [5.74, 6) is 5.25. The van der Waals surface area contributed by atoms with Crippen LogP contribution in [-0.4, -0.2) is 83.3 Å². The molecule has 0 aliphatic carbocycles. The van der Waals surface area contributed by atoms with E-state index in [0.29, 0.717) is 47.5 Å². The van der Waals surface area contributed by atoms with E-state index in [1.54, 1.807) is 30.3 Å². The first-order valence-corrected chi connectivity index (χ1v) is 21.3. The van der Waals surface area contributed by atoms with Crippen molar-refractivity contribution in [3.05, 3.63) is 95.2 Å². The van der Waals surface area contributed by atoms with Gasteiger partial charge in [0.2, 0.25) is 33.6 Å². The zero-order valence-corrected chi connectivity index (χ0v) is 34.2. The zero-order chi connectivity index (χ0) is 42.9. The maximum atomic E-state index is 13.0. The van der Waals surface area contributed by atoms with Gasteiger partial charge in [0.05, 0.1) is 23.3 Å². The number of sulfonamides is 1. The van der Waals surface area contributed by atoms with Crippen molar-refractivity contribution >= 4 is 39.5 Å². The lowest BCUT2D eigenvalue weighted by Crippen LogP contribution is -2.52. The lowest BCUT2D eigenvalue weighted by molar-refractivity contribution is -0.137. The molecule has 1 saturated heterocycles. The molecule has 2 aliphatic heterocycles. The van der Waals surface area contributed by atoms with E-state index in [4.69, 9.17) is 10.2 Å². The summed E-state index contributed by atoms with van der Waals surface area (Å²) >= 11 is 0. The molecule has 3 aromatic carbocycles. The van der Waals surface area contributed by atoms with Crippen LogP contribution in [-0.2, 0) is 37.5 Å². The molecule has 2 aliphatic rings. The Kier molecular flexibility index (Phi) is 13.2. The lowest BCUT2D eigenvalue weighted by Gasteiger charge is -2.29. The average Bonchev–Trinajstić information content (AvgIpc) is 3.88. The predicted molar refractivity (Wildman–Crippen MR) is 224 cm³/mol. The fourth-order valence-corrected chi connectivity index (χ4v) is 8.11. The van der Waals surface area contributed by atoms with Gasteiger partial charge in [0.15, 0.2) is 11.5 Å². The molecule has 5 aromatic rings. The number of rotatable bonds is 16. The number of unbranched alkanes of at least 4 members (excludes halogenated alkanes) is 3. The predicted octanol–water partition coefficient (Wildman–Crippen LogP) is 3.32. The van der Waals surface area contributed by atoms with Crippen LogP contribution >= 0.6 is 0 Å². The SMILES string of the molecule is CNCc1ccc(-c2nnc(-c3nc(-c4ccc(S(=O)(=O)NCCCCCCC(=O)NCC#Cc5cccc6c5CN(C5CCC(=O)NC5=O)C6=O)cc4)cnc3N)o2)cc1. The molecule has 1 atom stereocenters. The monoisotopic (exact) mass is 844 g/mol. The number of hydrogen-bond acceptors (Lipinski definition) is 13. The van der Waals surface area contributed by atoms with E-state index in [1.165, 1.54) is 23.2 Å². The van der Waals surface area contributed by atoms with E-state index >= 15 is 0 Å². The quantitative estimate of drug-likeness (QED) is 0.0545. The summed E-state index contributed by atoms with van der Waals surface area (Å²) in [7, 11) is -1.89. The van der Waals surface area contributed by atoms with Crippen LogP contribution in [0, 0.1) is 11.8 Å². The maximum absolute atomic E-state index is 13.0. The molecule has 0 saturated carbocycles. The lowest BCUT2D eigenvalue weighted by atomic mass is 10.0. The smallest absolute Gasteiger partial charge is 0.270 e. The van der Waals surface area contributed by atoms with Gasteiger partial charge in [-0.3, -0.25) is 24.5 Å². The van der Waals surface area contributed by atoms with Crippen molar-refractivity contribution < 1.29 is 32.0 Å².